The molecule has 4 heteroatoms. The van der Waals surface area contributed by atoms with Gasteiger partial charge >= 0.3 is 0 Å². The van der Waals surface area contributed by atoms with Crippen LogP contribution in [-0.4, -0.2) is 7.11 Å². The van der Waals surface area contributed by atoms with Crippen LogP contribution in [0.4, 0.5) is 17.1 Å². The van der Waals surface area contributed by atoms with E-state index in [0.29, 0.717) is 11.4 Å². The molecular weight excluding hydrogens is 208 g/mol. The molecule has 0 amide bonds. The van der Waals surface area contributed by atoms with Gasteiger partial charge in [0.1, 0.15) is 5.75 Å². The van der Waals surface area contributed by atoms with Crippen LogP contribution >= 0.6 is 11.3 Å². The Morgan fingerprint density at radius 2 is 2.13 bits per heavy atom. The largest absolute Gasteiger partial charge is 0.495 e. The third-order valence-electron chi connectivity index (χ3n) is 2.04. The van der Waals surface area contributed by atoms with Gasteiger partial charge in [0, 0.05) is 22.8 Å². The molecule has 0 spiro atoms. The molecular formula is C11H12N2OS. The Hall–Kier alpha value is -1.68. The van der Waals surface area contributed by atoms with Gasteiger partial charge in [-0.05, 0) is 23.6 Å². The van der Waals surface area contributed by atoms with Crippen LogP contribution in [0.5, 0.6) is 5.75 Å². The molecule has 2 rings (SSSR count). The fourth-order valence-corrected chi connectivity index (χ4v) is 1.88. The van der Waals surface area contributed by atoms with Crippen molar-refractivity contribution < 1.29 is 4.74 Å². The molecule has 1 aromatic heterocycles. The molecule has 78 valence electrons. The number of nitrogens with one attached hydrogen (secondary N) is 1. The smallest absolute Gasteiger partial charge is 0.143 e. The number of anilines is 3. The fraction of sp³-hybridized carbons (Fsp3) is 0.0909. The first kappa shape index (κ1) is 9.86. The van der Waals surface area contributed by atoms with Crippen molar-refractivity contribution in [3.8, 4) is 5.75 Å². The minimum absolute atomic E-state index is 0.647. The van der Waals surface area contributed by atoms with Crippen LogP contribution < -0.4 is 15.8 Å². The summed E-state index contributed by atoms with van der Waals surface area (Å²) in [6.45, 7) is 0. The zero-order valence-electron chi connectivity index (χ0n) is 8.36. The average molecular weight is 220 g/mol. The minimum Gasteiger partial charge on any atom is -0.495 e. The zero-order chi connectivity index (χ0) is 10.7. The molecule has 3 N–H and O–H groups in total. The Balaban J connectivity index is 2.22. The molecule has 1 aromatic carbocycles. The summed E-state index contributed by atoms with van der Waals surface area (Å²) in [4.78, 5) is 0. The maximum Gasteiger partial charge on any atom is 0.143 e. The lowest BCUT2D eigenvalue weighted by atomic mass is 10.2. The normalized spacial score (nSPS) is 9.93. The van der Waals surface area contributed by atoms with Crippen LogP contribution in [0, 0.1) is 0 Å². The number of benzene rings is 1. The predicted octanol–water partition coefficient (Wildman–Crippen LogP) is 3.08. The van der Waals surface area contributed by atoms with Crippen LogP contribution in [-0.2, 0) is 0 Å². The van der Waals surface area contributed by atoms with Crippen molar-refractivity contribution in [3.05, 3.63) is 35.0 Å². The van der Waals surface area contributed by atoms with Gasteiger partial charge in [-0.1, -0.05) is 0 Å². The highest BCUT2D eigenvalue weighted by atomic mass is 32.1. The SMILES string of the molecule is COc1cc(Nc2ccsc2)ccc1N. The summed E-state index contributed by atoms with van der Waals surface area (Å²) < 4.78 is 5.14. The lowest BCUT2D eigenvalue weighted by molar-refractivity contribution is 0.417. The Morgan fingerprint density at radius 1 is 1.27 bits per heavy atom. The molecule has 0 aliphatic carbocycles. The zero-order valence-corrected chi connectivity index (χ0v) is 9.17. The number of rotatable bonds is 3. The van der Waals surface area contributed by atoms with Gasteiger partial charge in [0.25, 0.3) is 0 Å². The van der Waals surface area contributed by atoms with E-state index < -0.39 is 0 Å². The molecule has 0 fully saturated rings. The van der Waals surface area contributed by atoms with E-state index in [1.54, 1.807) is 18.4 Å². The molecule has 0 unspecified atom stereocenters. The first-order valence-corrected chi connectivity index (χ1v) is 5.46. The molecule has 1 heterocycles. The second kappa shape index (κ2) is 4.23. The Labute approximate surface area is 92.5 Å². The topological polar surface area (TPSA) is 47.3 Å². The number of ether oxygens (including phenoxy) is 1. The van der Waals surface area contributed by atoms with Gasteiger partial charge in [0.15, 0.2) is 0 Å². The van der Waals surface area contributed by atoms with Gasteiger partial charge in [-0.25, -0.2) is 0 Å². The van der Waals surface area contributed by atoms with Crippen molar-refractivity contribution in [1.29, 1.82) is 0 Å². The van der Waals surface area contributed by atoms with Gasteiger partial charge in [-0.15, -0.1) is 0 Å². The summed E-state index contributed by atoms with van der Waals surface area (Å²) in [7, 11) is 1.61. The van der Waals surface area contributed by atoms with E-state index in [1.807, 2.05) is 35.0 Å². The van der Waals surface area contributed by atoms with E-state index in [1.165, 1.54) is 0 Å². The van der Waals surface area contributed by atoms with Crippen LogP contribution in [0.3, 0.4) is 0 Å². The van der Waals surface area contributed by atoms with E-state index in [0.717, 1.165) is 11.4 Å². The van der Waals surface area contributed by atoms with Gasteiger partial charge in [-0.3, -0.25) is 0 Å². The van der Waals surface area contributed by atoms with E-state index in [4.69, 9.17) is 10.5 Å². The van der Waals surface area contributed by atoms with Crippen molar-refractivity contribution in [2.45, 2.75) is 0 Å². The number of methoxy groups -OCH3 is 1. The van der Waals surface area contributed by atoms with E-state index in [-0.39, 0.29) is 0 Å². The van der Waals surface area contributed by atoms with E-state index in [2.05, 4.69) is 5.32 Å². The maximum absolute atomic E-state index is 5.72. The third-order valence-corrected chi connectivity index (χ3v) is 2.73. The molecule has 0 atom stereocenters. The quantitative estimate of drug-likeness (QED) is 0.781. The van der Waals surface area contributed by atoms with Gasteiger partial charge in [-0.2, -0.15) is 11.3 Å². The molecule has 15 heavy (non-hydrogen) atoms. The maximum atomic E-state index is 5.72. The standard InChI is InChI=1S/C11H12N2OS/c1-14-11-6-8(2-3-10(11)12)13-9-4-5-15-7-9/h2-7,13H,12H2,1H3. The van der Waals surface area contributed by atoms with Crippen LogP contribution in [0.2, 0.25) is 0 Å². The molecule has 0 saturated carbocycles. The second-order valence-corrected chi connectivity index (χ2v) is 3.87. The number of thiophene rings is 1. The van der Waals surface area contributed by atoms with Crippen LogP contribution in [0.1, 0.15) is 0 Å². The third kappa shape index (κ3) is 2.22. The highest BCUT2D eigenvalue weighted by Gasteiger charge is 2.01. The van der Waals surface area contributed by atoms with Crippen molar-refractivity contribution >= 4 is 28.4 Å². The lowest BCUT2D eigenvalue weighted by Crippen LogP contribution is -1.94. The summed E-state index contributed by atoms with van der Waals surface area (Å²) in [5.74, 6) is 0.690. The lowest BCUT2D eigenvalue weighted by Gasteiger charge is -2.08. The molecule has 0 aliphatic heterocycles. The Kier molecular flexibility index (Phi) is 2.78. The van der Waals surface area contributed by atoms with Crippen molar-refractivity contribution in [2.75, 3.05) is 18.2 Å². The minimum atomic E-state index is 0.647. The summed E-state index contributed by atoms with van der Waals surface area (Å²) in [6, 6.07) is 7.66. The van der Waals surface area contributed by atoms with Gasteiger partial charge < -0.3 is 15.8 Å². The van der Waals surface area contributed by atoms with E-state index in [9.17, 15) is 0 Å². The fourth-order valence-electron chi connectivity index (χ4n) is 1.29. The van der Waals surface area contributed by atoms with Crippen molar-refractivity contribution in [3.63, 3.8) is 0 Å². The van der Waals surface area contributed by atoms with Crippen molar-refractivity contribution in [1.82, 2.24) is 0 Å². The number of nitrogen functional groups attached to an aromatic ring is 1. The highest BCUT2D eigenvalue weighted by molar-refractivity contribution is 7.08. The molecule has 3 nitrogen and oxygen atoms in total. The summed E-state index contributed by atoms with van der Waals surface area (Å²) in [5, 5.41) is 7.33. The Morgan fingerprint density at radius 3 is 2.80 bits per heavy atom. The van der Waals surface area contributed by atoms with Crippen LogP contribution in [0.15, 0.2) is 35.0 Å². The second-order valence-electron chi connectivity index (χ2n) is 3.09. The monoisotopic (exact) mass is 220 g/mol. The average Bonchev–Trinajstić information content (AvgIpc) is 2.73. The number of hydrogen-bond acceptors (Lipinski definition) is 4. The van der Waals surface area contributed by atoms with Gasteiger partial charge in [0.2, 0.25) is 0 Å². The molecule has 0 aliphatic rings. The van der Waals surface area contributed by atoms with Gasteiger partial charge in [0.05, 0.1) is 12.8 Å². The Bertz CT molecular complexity index is 440. The molecule has 2 aromatic rings. The molecule has 0 radical (unpaired) electrons. The molecule has 0 bridgehead atoms. The van der Waals surface area contributed by atoms with E-state index >= 15 is 0 Å². The highest BCUT2D eigenvalue weighted by Crippen LogP contribution is 2.27. The number of nitrogens with two attached hydrogens (primary N) is 1. The van der Waals surface area contributed by atoms with Crippen molar-refractivity contribution in [2.24, 2.45) is 0 Å². The first-order valence-electron chi connectivity index (χ1n) is 4.52. The summed E-state index contributed by atoms with van der Waals surface area (Å²) >= 11 is 1.65. The summed E-state index contributed by atoms with van der Waals surface area (Å²) in [5.41, 5.74) is 8.42. The summed E-state index contributed by atoms with van der Waals surface area (Å²) in [6.07, 6.45) is 0. The predicted molar refractivity (Wildman–Crippen MR) is 65.0 cm³/mol. The molecule has 0 saturated heterocycles. The number of hydrogen-bond donors (Lipinski definition) is 2. The van der Waals surface area contributed by atoms with Crippen LogP contribution in [0.25, 0.3) is 0 Å². The first-order chi connectivity index (χ1) is 7.29.